The number of benzene rings is 2. The fourth-order valence-corrected chi connectivity index (χ4v) is 2.74. The molecule has 0 fully saturated rings. The van der Waals surface area contributed by atoms with Crippen molar-refractivity contribution >= 4 is 11.2 Å². The molecule has 0 bridgehead atoms. The maximum absolute atomic E-state index is 6.14. The molecule has 0 unspecified atom stereocenters. The van der Waals surface area contributed by atoms with Gasteiger partial charge in [0.1, 0.15) is 5.82 Å². The molecule has 0 saturated heterocycles. The average Bonchev–Trinajstić information content (AvgIpc) is 2.96. The summed E-state index contributed by atoms with van der Waals surface area (Å²) in [6, 6.07) is 24.2. The van der Waals surface area contributed by atoms with Crippen molar-refractivity contribution in [1.29, 1.82) is 0 Å². The molecule has 0 aliphatic rings. The Balaban J connectivity index is 2.04. The van der Waals surface area contributed by atoms with Crippen LogP contribution in [-0.4, -0.2) is 9.38 Å². The van der Waals surface area contributed by atoms with Crippen LogP contribution in [0.25, 0.3) is 28.2 Å². The van der Waals surface area contributed by atoms with Crippen LogP contribution in [0, 0.1) is 0 Å². The SMILES string of the molecule is Nc1ccccc1-c1nc(-c2ccccc2)c2ccccn12. The van der Waals surface area contributed by atoms with Gasteiger partial charge >= 0.3 is 0 Å². The minimum absolute atomic E-state index is 0.734. The number of anilines is 1. The molecule has 22 heavy (non-hydrogen) atoms. The number of nitrogen functional groups attached to an aromatic ring is 1. The van der Waals surface area contributed by atoms with Crippen molar-refractivity contribution in [1.82, 2.24) is 9.38 Å². The first-order chi connectivity index (χ1) is 10.8. The van der Waals surface area contributed by atoms with Crippen molar-refractivity contribution in [2.75, 3.05) is 5.73 Å². The van der Waals surface area contributed by atoms with Gasteiger partial charge in [0.2, 0.25) is 0 Å². The molecular weight excluding hydrogens is 270 g/mol. The Morgan fingerprint density at radius 2 is 1.50 bits per heavy atom. The molecule has 0 atom stereocenters. The van der Waals surface area contributed by atoms with Crippen molar-refractivity contribution in [2.24, 2.45) is 0 Å². The van der Waals surface area contributed by atoms with Crippen LogP contribution >= 0.6 is 0 Å². The summed E-state index contributed by atoms with van der Waals surface area (Å²) in [5.74, 6) is 0.868. The van der Waals surface area contributed by atoms with Gasteiger partial charge in [0.15, 0.2) is 0 Å². The van der Waals surface area contributed by atoms with E-state index in [0.717, 1.165) is 33.8 Å². The number of pyridine rings is 1. The van der Waals surface area contributed by atoms with E-state index < -0.39 is 0 Å². The van der Waals surface area contributed by atoms with E-state index in [1.165, 1.54) is 0 Å². The van der Waals surface area contributed by atoms with Gasteiger partial charge < -0.3 is 5.73 Å². The van der Waals surface area contributed by atoms with Crippen LogP contribution in [0.3, 0.4) is 0 Å². The van der Waals surface area contributed by atoms with Crippen molar-refractivity contribution in [3.8, 4) is 22.6 Å². The zero-order chi connectivity index (χ0) is 14.9. The molecule has 0 aliphatic carbocycles. The molecule has 3 heteroatoms. The summed E-state index contributed by atoms with van der Waals surface area (Å²) in [6.45, 7) is 0. The van der Waals surface area contributed by atoms with Gasteiger partial charge in [0.25, 0.3) is 0 Å². The van der Waals surface area contributed by atoms with Crippen LogP contribution in [0.15, 0.2) is 79.0 Å². The highest BCUT2D eigenvalue weighted by Crippen LogP contribution is 2.31. The highest BCUT2D eigenvalue weighted by molar-refractivity contribution is 5.83. The third-order valence-electron chi connectivity index (χ3n) is 3.80. The molecule has 3 nitrogen and oxygen atoms in total. The third-order valence-corrected chi connectivity index (χ3v) is 3.80. The van der Waals surface area contributed by atoms with E-state index in [0.29, 0.717) is 0 Å². The van der Waals surface area contributed by atoms with E-state index >= 15 is 0 Å². The smallest absolute Gasteiger partial charge is 0.147 e. The summed E-state index contributed by atoms with van der Waals surface area (Å²) in [7, 11) is 0. The number of fused-ring (bicyclic) bond motifs is 1. The minimum atomic E-state index is 0.734. The van der Waals surface area contributed by atoms with Crippen molar-refractivity contribution in [3.05, 3.63) is 79.0 Å². The van der Waals surface area contributed by atoms with Crippen molar-refractivity contribution in [2.45, 2.75) is 0 Å². The fourth-order valence-electron chi connectivity index (χ4n) is 2.74. The zero-order valence-corrected chi connectivity index (χ0v) is 12.0. The summed E-state index contributed by atoms with van der Waals surface area (Å²) in [4.78, 5) is 4.87. The van der Waals surface area contributed by atoms with Gasteiger partial charge in [-0.1, -0.05) is 48.5 Å². The van der Waals surface area contributed by atoms with Crippen molar-refractivity contribution in [3.63, 3.8) is 0 Å². The average molecular weight is 285 g/mol. The number of rotatable bonds is 2. The maximum atomic E-state index is 6.14. The molecule has 0 amide bonds. The lowest BCUT2D eigenvalue weighted by atomic mass is 10.1. The van der Waals surface area contributed by atoms with Crippen LogP contribution in [0.1, 0.15) is 0 Å². The molecule has 2 N–H and O–H groups in total. The second kappa shape index (κ2) is 5.04. The topological polar surface area (TPSA) is 43.3 Å². The number of hydrogen-bond acceptors (Lipinski definition) is 2. The minimum Gasteiger partial charge on any atom is -0.398 e. The molecule has 0 radical (unpaired) electrons. The Labute approximate surface area is 128 Å². The van der Waals surface area contributed by atoms with Crippen LogP contribution in [-0.2, 0) is 0 Å². The lowest BCUT2D eigenvalue weighted by Gasteiger charge is -2.03. The Morgan fingerprint density at radius 1 is 0.773 bits per heavy atom. The van der Waals surface area contributed by atoms with E-state index in [4.69, 9.17) is 10.7 Å². The van der Waals surface area contributed by atoms with Crippen LogP contribution in [0.2, 0.25) is 0 Å². The van der Waals surface area contributed by atoms with Gasteiger partial charge in [-0.25, -0.2) is 4.98 Å². The summed E-state index contributed by atoms with van der Waals surface area (Å²) in [6.07, 6.45) is 2.02. The van der Waals surface area contributed by atoms with Gasteiger partial charge in [-0.2, -0.15) is 0 Å². The van der Waals surface area contributed by atoms with Gasteiger partial charge in [-0.05, 0) is 24.3 Å². The Morgan fingerprint density at radius 3 is 2.32 bits per heavy atom. The van der Waals surface area contributed by atoms with Gasteiger partial charge in [0, 0.05) is 23.0 Å². The number of nitrogens with two attached hydrogens (primary N) is 1. The number of nitrogens with zero attached hydrogens (tertiary/aromatic N) is 2. The Bertz CT molecular complexity index is 939. The van der Waals surface area contributed by atoms with Crippen LogP contribution in [0.5, 0.6) is 0 Å². The Kier molecular flexibility index (Phi) is 2.90. The summed E-state index contributed by atoms with van der Waals surface area (Å²) < 4.78 is 2.09. The number of imidazole rings is 1. The highest BCUT2D eigenvalue weighted by atomic mass is 15.0. The van der Waals surface area contributed by atoms with Gasteiger partial charge in [0.05, 0.1) is 11.2 Å². The zero-order valence-electron chi connectivity index (χ0n) is 12.0. The van der Waals surface area contributed by atoms with Gasteiger partial charge in [-0.3, -0.25) is 4.40 Å². The summed E-state index contributed by atoms with van der Waals surface area (Å²) in [5, 5.41) is 0. The molecule has 106 valence electrons. The molecular formula is C19H15N3. The van der Waals surface area contributed by atoms with Crippen LogP contribution < -0.4 is 5.73 Å². The molecule has 2 heterocycles. The predicted octanol–water partition coefficient (Wildman–Crippen LogP) is 4.25. The Hall–Kier alpha value is -3.07. The first kappa shape index (κ1) is 12.7. The summed E-state index contributed by atoms with van der Waals surface area (Å²) >= 11 is 0. The normalized spacial score (nSPS) is 10.9. The molecule has 0 spiro atoms. The van der Waals surface area contributed by atoms with Gasteiger partial charge in [-0.15, -0.1) is 0 Å². The third kappa shape index (κ3) is 1.95. The second-order valence-electron chi connectivity index (χ2n) is 5.19. The van der Waals surface area contributed by atoms with E-state index in [1.54, 1.807) is 0 Å². The first-order valence-electron chi connectivity index (χ1n) is 7.22. The number of aromatic nitrogens is 2. The molecule has 4 aromatic rings. The molecule has 2 aromatic heterocycles. The number of para-hydroxylation sites is 1. The van der Waals surface area contributed by atoms with Crippen molar-refractivity contribution < 1.29 is 0 Å². The molecule has 0 aliphatic heterocycles. The molecule has 4 rings (SSSR count). The summed E-state index contributed by atoms with van der Waals surface area (Å²) in [5.41, 5.74) is 11.0. The monoisotopic (exact) mass is 285 g/mol. The fraction of sp³-hybridized carbons (Fsp3) is 0. The quantitative estimate of drug-likeness (QED) is 0.559. The predicted molar refractivity (Wildman–Crippen MR) is 90.5 cm³/mol. The standard InChI is InChI=1S/C19H15N3/c20-16-11-5-4-10-15(16)19-21-18(14-8-2-1-3-9-14)17-12-6-7-13-22(17)19/h1-13H,20H2. The van der Waals surface area contributed by atoms with E-state index in [9.17, 15) is 0 Å². The largest absolute Gasteiger partial charge is 0.398 e. The van der Waals surface area contributed by atoms with E-state index in [1.807, 2.05) is 60.8 Å². The lowest BCUT2D eigenvalue weighted by molar-refractivity contribution is 1.16. The van der Waals surface area contributed by atoms with E-state index in [2.05, 4.69) is 22.6 Å². The second-order valence-corrected chi connectivity index (χ2v) is 5.19. The number of hydrogen-bond donors (Lipinski definition) is 1. The van der Waals surface area contributed by atoms with Crippen LogP contribution in [0.4, 0.5) is 5.69 Å². The van der Waals surface area contributed by atoms with E-state index in [-0.39, 0.29) is 0 Å². The maximum Gasteiger partial charge on any atom is 0.147 e. The molecule has 0 saturated carbocycles. The first-order valence-corrected chi connectivity index (χ1v) is 7.22. The highest BCUT2D eigenvalue weighted by Gasteiger charge is 2.14. The lowest BCUT2D eigenvalue weighted by Crippen LogP contribution is -1.93. The molecule has 2 aromatic carbocycles.